The van der Waals surface area contributed by atoms with E-state index in [4.69, 9.17) is 21.7 Å². The molecule has 23 heavy (non-hydrogen) atoms. The third-order valence-corrected chi connectivity index (χ3v) is 5.01. The standard InChI is InChI=1S/C17H19NO3S2/c1-3-8-21-13-7-4-11(9-14(13)20-2)10-15-16(19)18(12-5-6-12)17(22)23-15/h4,7,9-10,12H,3,5-6,8H2,1-2H3/b15-10-. The molecule has 1 aliphatic carbocycles. The summed E-state index contributed by atoms with van der Waals surface area (Å²) in [7, 11) is 1.62. The van der Waals surface area contributed by atoms with Crippen LogP contribution in [0.5, 0.6) is 11.5 Å². The fourth-order valence-corrected chi connectivity index (χ4v) is 3.78. The average molecular weight is 349 g/mol. The molecular formula is C17H19NO3S2. The first kappa shape index (κ1) is 16.3. The Hall–Kier alpha value is -1.53. The predicted octanol–water partition coefficient (Wildman–Crippen LogP) is 3.85. The number of carbonyl (C=O) groups excluding carboxylic acids is 1. The van der Waals surface area contributed by atoms with Crippen molar-refractivity contribution in [2.24, 2.45) is 0 Å². The Morgan fingerprint density at radius 3 is 2.83 bits per heavy atom. The van der Waals surface area contributed by atoms with Gasteiger partial charge in [0.2, 0.25) is 0 Å². The number of methoxy groups -OCH3 is 1. The van der Waals surface area contributed by atoms with Crippen molar-refractivity contribution in [3.63, 3.8) is 0 Å². The fourth-order valence-electron chi connectivity index (χ4n) is 2.38. The van der Waals surface area contributed by atoms with Gasteiger partial charge in [-0.15, -0.1) is 0 Å². The molecular weight excluding hydrogens is 330 g/mol. The van der Waals surface area contributed by atoms with Crippen LogP contribution in [0.25, 0.3) is 6.08 Å². The molecule has 4 nitrogen and oxygen atoms in total. The van der Waals surface area contributed by atoms with E-state index in [1.54, 1.807) is 12.0 Å². The van der Waals surface area contributed by atoms with Crippen LogP contribution in [0.2, 0.25) is 0 Å². The molecule has 0 spiro atoms. The molecule has 1 heterocycles. The second kappa shape index (κ2) is 6.93. The Morgan fingerprint density at radius 2 is 2.17 bits per heavy atom. The van der Waals surface area contributed by atoms with Gasteiger partial charge < -0.3 is 9.47 Å². The van der Waals surface area contributed by atoms with E-state index in [1.807, 2.05) is 24.3 Å². The molecule has 0 unspecified atom stereocenters. The van der Waals surface area contributed by atoms with Crippen LogP contribution in [0.3, 0.4) is 0 Å². The summed E-state index contributed by atoms with van der Waals surface area (Å²) in [5.74, 6) is 1.41. The smallest absolute Gasteiger partial charge is 0.266 e. The lowest BCUT2D eigenvalue weighted by Crippen LogP contribution is -2.30. The van der Waals surface area contributed by atoms with Crippen molar-refractivity contribution in [3.8, 4) is 11.5 Å². The van der Waals surface area contributed by atoms with Crippen molar-refractivity contribution in [2.75, 3.05) is 13.7 Å². The second-order valence-electron chi connectivity index (χ2n) is 5.54. The minimum atomic E-state index is 0.0211. The largest absolute Gasteiger partial charge is 0.493 e. The Labute approximate surface area is 145 Å². The van der Waals surface area contributed by atoms with Crippen LogP contribution in [0.1, 0.15) is 31.7 Å². The van der Waals surface area contributed by atoms with E-state index in [-0.39, 0.29) is 5.91 Å². The summed E-state index contributed by atoms with van der Waals surface area (Å²) >= 11 is 6.70. The molecule has 0 bridgehead atoms. The second-order valence-corrected chi connectivity index (χ2v) is 7.22. The normalized spacial score (nSPS) is 19.6. The quantitative estimate of drug-likeness (QED) is 0.576. The summed E-state index contributed by atoms with van der Waals surface area (Å²) in [6, 6.07) is 6.00. The Balaban J connectivity index is 1.82. The van der Waals surface area contributed by atoms with Crippen molar-refractivity contribution in [1.29, 1.82) is 0 Å². The van der Waals surface area contributed by atoms with Crippen LogP contribution >= 0.6 is 24.0 Å². The highest BCUT2D eigenvalue weighted by atomic mass is 32.2. The van der Waals surface area contributed by atoms with Crippen molar-refractivity contribution < 1.29 is 14.3 Å². The summed E-state index contributed by atoms with van der Waals surface area (Å²) in [4.78, 5) is 14.9. The van der Waals surface area contributed by atoms with Crippen LogP contribution in [0.15, 0.2) is 23.1 Å². The summed E-state index contributed by atoms with van der Waals surface area (Å²) in [5.41, 5.74) is 0.905. The number of thioether (sulfide) groups is 1. The van der Waals surface area contributed by atoms with Gasteiger partial charge in [-0.3, -0.25) is 9.69 Å². The molecule has 0 aromatic heterocycles. The van der Waals surface area contributed by atoms with Gasteiger partial charge in [-0.05, 0) is 43.0 Å². The minimum Gasteiger partial charge on any atom is -0.493 e. The van der Waals surface area contributed by atoms with Crippen LogP contribution < -0.4 is 9.47 Å². The zero-order chi connectivity index (χ0) is 16.4. The number of carbonyl (C=O) groups is 1. The predicted molar refractivity (Wildman–Crippen MR) is 96.8 cm³/mol. The lowest BCUT2D eigenvalue weighted by molar-refractivity contribution is -0.122. The molecule has 1 aliphatic heterocycles. The van der Waals surface area contributed by atoms with Gasteiger partial charge in [0, 0.05) is 6.04 Å². The van der Waals surface area contributed by atoms with Crippen LogP contribution in [-0.2, 0) is 4.79 Å². The molecule has 3 rings (SSSR count). The van der Waals surface area contributed by atoms with Crippen molar-refractivity contribution in [3.05, 3.63) is 28.7 Å². The zero-order valence-corrected chi connectivity index (χ0v) is 14.8. The van der Waals surface area contributed by atoms with Gasteiger partial charge in [-0.1, -0.05) is 37.0 Å². The maximum atomic E-state index is 12.5. The zero-order valence-electron chi connectivity index (χ0n) is 13.2. The molecule has 1 aromatic rings. The highest BCUT2D eigenvalue weighted by Gasteiger charge is 2.41. The van der Waals surface area contributed by atoms with Gasteiger partial charge in [0.15, 0.2) is 11.5 Å². The van der Waals surface area contributed by atoms with Crippen molar-refractivity contribution >= 4 is 40.3 Å². The molecule has 6 heteroatoms. The summed E-state index contributed by atoms with van der Waals surface area (Å²) in [5, 5.41) is 0. The number of ether oxygens (including phenoxy) is 2. The first-order chi connectivity index (χ1) is 11.1. The van der Waals surface area contributed by atoms with E-state index in [1.165, 1.54) is 11.8 Å². The van der Waals surface area contributed by atoms with E-state index in [9.17, 15) is 4.79 Å². The molecule has 1 saturated heterocycles. The third-order valence-electron chi connectivity index (χ3n) is 3.68. The number of hydrogen-bond donors (Lipinski definition) is 0. The average Bonchev–Trinajstić information content (AvgIpc) is 3.33. The lowest BCUT2D eigenvalue weighted by atomic mass is 10.2. The van der Waals surface area contributed by atoms with E-state index >= 15 is 0 Å². The highest BCUT2D eigenvalue weighted by Crippen LogP contribution is 2.40. The van der Waals surface area contributed by atoms with Gasteiger partial charge >= 0.3 is 0 Å². The van der Waals surface area contributed by atoms with Gasteiger partial charge in [-0.2, -0.15) is 0 Å². The maximum Gasteiger partial charge on any atom is 0.266 e. The molecule has 122 valence electrons. The minimum absolute atomic E-state index is 0.0211. The molecule has 1 amide bonds. The number of amides is 1. The van der Waals surface area contributed by atoms with E-state index in [0.29, 0.717) is 27.6 Å². The van der Waals surface area contributed by atoms with Gasteiger partial charge in [0.1, 0.15) is 4.32 Å². The van der Waals surface area contributed by atoms with Gasteiger partial charge in [0.05, 0.1) is 18.6 Å². The number of hydrogen-bond acceptors (Lipinski definition) is 5. The summed E-state index contributed by atoms with van der Waals surface area (Å²) in [6.45, 7) is 2.71. The highest BCUT2D eigenvalue weighted by molar-refractivity contribution is 8.26. The molecule has 1 aromatic carbocycles. The Kier molecular flexibility index (Phi) is 4.92. The van der Waals surface area contributed by atoms with Crippen molar-refractivity contribution in [2.45, 2.75) is 32.2 Å². The number of rotatable bonds is 6. The van der Waals surface area contributed by atoms with E-state index in [0.717, 1.165) is 30.6 Å². The molecule has 0 radical (unpaired) electrons. The summed E-state index contributed by atoms with van der Waals surface area (Å²) < 4.78 is 11.7. The molecule has 2 fully saturated rings. The lowest BCUT2D eigenvalue weighted by Gasteiger charge is -2.12. The molecule has 1 saturated carbocycles. The molecule has 0 N–H and O–H groups in total. The number of benzene rings is 1. The van der Waals surface area contributed by atoms with Crippen molar-refractivity contribution in [1.82, 2.24) is 4.90 Å². The molecule has 0 atom stereocenters. The fraction of sp³-hybridized carbons (Fsp3) is 0.412. The SMILES string of the molecule is CCCOc1ccc(/C=C2\SC(=S)N(C3CC3)C2=O)cc1OC. The summed E-state index contributed by atoms with van der Waals surface area (Å²) in [6.07, 6.45) is 4.91. The Morgan fingerprint density at radius 1 is 1.39 bits per heavy atom. The van der Waals surface area contributed by atoms with E-state index < -0.39 is 0 Å². The Bertz CT molecular complexity index is 668. The monoisotopic (exact) mass is 349 g/mol. The first-order valence-electron chi connectivity index (χ1n) is 7.72. The topological polar surface area (TPSA) is 38.8 Å². The van der Waals surface area contributed by atoms with Gasteiger partial charge in [0.25, 0.3) is 5.91 Å². The van der Waals surface area contributed by atoms with E-state index in [2.05, 4.69) is 6.92 Å². The van der Waals surface area contributed by atoms with Crippen LogP contribution in [0.4, 0.5) is 0 Å². The maximum absolute atomic E-state index is 12.5. The van der Waals surface area contributed by atoms with Gasteiger partial charge in [-0.25, -0.2) is 0 Å². The van der Waals surface area contributed by atoms with Crippen LogP contribution in [0, 0.1) is 0 Å². The molecule has 2 aliphatic rings. The third kappa shape index (κ3) is 3.53. The number of thiocarbonyl (C=S) groups is 1. The number of nitrogens with zero attached hydrogens (tertiary/aromatic N) is 1. The van der Waals surface area contributed by atoms with Crippen LogP contribution in [-0.4, -0.2) is 34.9 Å². The first-order valence-corrected chi connectivity index (χ1v) is 8.94.